The van der Waals surface area contributed by atoms with Crippen LogP contribution in [0.25, 0.3) is 0 Å². The van der Waals surface area contributed by atoms with Gasteiger partial charge in [-0.25, -0.2) is 0 Å². The second-order valence-corrected chi connectivity index (χ2v) is 4.94. The van der Waals surface area contributed by atoms with Crippen molar-refractivity contribution in [1.29, 1.82) is 0 Å². The van der Waals surface area contributed by atoms with E-state index in [9.17, 15) is 4.79 Å². The molecule has 3 heteroatoms. The van der Waals surface area contributed by atoms with E-state index in [1.54, 1.807) is 0 Å². The quantitative estimate of drug-likeness (QED) is 0.403. The van der Waals surface area contributed by atoms with E-state index >= 15 is 0 Å². The molecule has 0 atom stereocenters. The zero-order chi connectivity index (χ0) is 13.5. The van der Waals surface area contributed by atoms with Crippen LogP contribution >= 0.6 is 0 Å². The molecule has 0 heterocycles. The summed E-state index contributed by atoms with van der Waals surface area (Å²) in [6.45, 7) is 3.51. The molecule has 0 aromatic carbocycles. The van der Waals surface area contributed by atoms with Crippen molar-refractivity contribution in [2.45, 2.75) is 77.6 Å². The molecular formula is C15H31NO2. The monoisotopic (exact) mass is 257 g/mol. The summed E-state index contributed by atoms with van der Waals surface area (Å²) in [7, 11) is 0. The molecule has 0 saturated carbocycles. The van der Waals surface area contributed by atoms with Crippen LogP contribution in [0.4, 0.5) is 0 Å². The first-order valence-electron chi connectivity index (χ1n) is 7.67. The number of hydrogen-bond donors (Lipinski definition) is 1. The molecule has 108 valence electrons. The Balaban J connectivity index is 3.08. The van der Waals surface area contributed by atoms with Crippen LogP contribution in [0.2, 0.25) is 0 Å². The van der Waals surface area contributed by atoms with E-state index in [2.05, 4.69) is 6.92 Å². The predicted molar refractivity (Wildman–Crippen MR) is 76.5 cm³/mol. The molecule has 0 bridgehead atoms. The van der Waals surface area contributed by atoms with Crippen LogP contribution in [0.5, 0.6) is 0 Å². The summed E-state index contributed by atoms with van der Waals surface area (Å²) < 4.78 is 5.10. The standard InChI is InChI=1S/C15H31NO2/c1-2-3-14-18-15(17)12-10-8-6-4-5-7-9-11-13-16/h2-14,16H2,1H3. The van der Waals surface area contributed by atoms with E-state index in [1.807, 2.05) is 0 Å². The molecule has 0 aliphatic heterocycles. The van der Waals surface area contributed by atoms with Gasteiger partial charge in [0.2, 0.25) is 0 Å². The van der Waals surface area contributed by atoms with E-state index in [-0.39, 0.29) is 5.97 Å². The summed E-state index contributed by atoms with van der Waals surface area (Å²) in [6.07, 6.45) is 12.3. The zero-order valence-corrected chi connectivity index (χ0v) is 12.1. The Kier molecular flexibility index (Phi) is 14.0. The minimum atomic E-state index is -0.0219. The van der Waals surface area contributed by atoms with Gasteiger partial charge in [-0.15, -0.1) is 0 Å². The van der Waals surface area contributed by atoms with Gasteiger partial charge in [0.25, 0.3) is 0 Å². The minimum Gasteiger partial charge on any atom is -0.466 e. The molecule has 0 saturated heterocycles. The third-order valence-corrected chi connectivity index (χ3v) is 3.10. The molecule has 3 nitrogen and oxygen atoms in total. The van der Waals surface area contributed by atoms with Crippen LogP contribution in [0, 0.1) is 0 Å². The first kappa shape index (κ1) is 17.4. The van der Waals surface area contributed by atoms with Gasteiger partial charge >= 0.3 is 5.97 Å². The second kappa shape index (κ2) is 14.5. The maximum absolute atomic E-state index is 11.3. The smallest absolute Gasteiger partial charge is 0.305 e. The molecule has 0 aliphatic carbocycles. The summed E-state index contributed by atoms with van der Waals surface area (Å²) in [5.41, 5.74) is 5.44. The van der Waals surface area contributed by atoms with Gasteiger partial charge in [-0.05, 0) is 25.8 Å². The summed E-state index contributed by atoms with van der Waals surface area (Å²) in [5.74, 6) is -0.0219. The number of hydrogen-bond acceptors (Lipinski definition) is 3. The van der Waals surface area contributed by atoms with Gasteiger partial charge in [0.15, 0.2) is 0 Å². The van der Waals surface area contributed by atoms with Gasteiger partial charge in [-0.3, -0.25) is 4.79 Å². The lowest BCUT2D eigenvalue weighted by Crippen LogP contribution is -2.05. The highest BCUT2D eigenvalue weighted by Gasteiger charge is 2.01. The molecule has 2 N–H and O–H groups in total. The summed E-state index contributed by atoms with van der Waals surface area (Å²) >= 11 is 0. The predicted octanol–water partition coefficient (Wildman–Crippen LogP) is 3.80. The number of carbonyl (C=O) groups excluding carboxylic acids is 1. The maximum atomic E-state index is 11.3. The van der Waals surface area contributed by atoms with Crippen LogP contribution < -0.4 is 5.73 Å². The van der Waals surface area contributed by atoms with Crippen LogP contribution in [-0.4, -0.2) is 19.1 Å². The molecular weight excluding hydrogens is 226 g/mol. The van der Waals surface area contributed by atoms with Crippen molar-refractivity contribution in [1.82, 2.24) is 0 Å². The minimum absolute atomic E-state index is 0.0219. The van der Waals surface area contributed by atoms with E-state index in [1.165, 1.54) is 32.1 Å². The van der Waals surface area contributed by atoms with Crippen molar-refractivity contribution < 1.29 is 9.53 Å². The zero-order valence-electron chi connectivity index (χ0n) is 12.1. The SMILES string of the molecule is CCCCOC(=O)CCCCCCCCCCN. The van der Waals surface area contributed by atoms with Crippen molar-refractivity contribution in [3.63, 3.8) is 0 Å². The Morgan fingerprint density at radius 1 is 0.889 bits per heavy atom. The molecule has 18 heavy (non-hydrogen) atoms. The lowest BCUT2D eigenvalue weighted by molar-refractivity contribution is -0.143. The largest absolute Gasteiger partial charge is 0.466 e. The van der Waals surface area contributed by atoms with Crippen LogP contribution in [0.1, 0.15) is 77.6 Å². The van der Waals surface area contributed by atoms with Gasteiger partial charge in [-0.1, -0.05) is 51.9 Å². The highest BCUT2D eigenvalue weighted by Crippen LogP contribution is 2.09. The molecule has 0 rings (SSSR count). The number of rotatable bonds is 13. The van der Waals surface area contributed by atoms with Gasteiger partial charge in [0.1, 0.15) is 0 Å². The lowest BCUT2D eigenvalue weighted by Gasteiger charge is -2.04. The lowest BCUT2D eigenvalue weighted by atomic mass is 10.1. The molecule has 0 spiro atoms. The van der Waals surface area contributed by atoms with Crippen LogP contribution in [0.15, 0.2) is 0 Å². The fourth-order valence-electron chi connectivity index (χ4n) is 1.88. The molecule has 0 fully saturated rings. The van der Waals surface area contributed by atoms with Crippen molar-refractivity contribution >= 4 is 5.97 Å². The fourth-order valence-corrected chi connectivity index (χ4v) is 1.88. The first-order chi connectivity index (χ1) is 8.81. The van der Waals surface area contributed by atoms with Gasteiger partial charge in [-0.2, -0.15) is 0 Å². The number of carbonyl (C=O) groups is 1. The highest BCUT2D eigenvalue weighted by molar-refractivity contribution is 5.69. The molecule has 0 unspecified atom stereocenters. The van der Waals surface area contributed by atoms with Gasteiger partial charge < -0.3 is 10.5 Å². The van der Waals surface area contributed by atoms with E-state index in [4.69, 9.17) is 10.5 Å². The normalized spacial score (nSPS) is 10.6. The molecule has 0 aliphatic rings. The third kappa shape index (κ3) is 13.5. The molecule has 0 amide bonds. The summed E-state index contributed by atoms with van der Waals surface area (Å²) in [5, 5.41) is 0. The van der Waals surface area contributed by atoms with E-state index in [0.29, 0.717) is 13.0 Å². The molecule has 0 radical (unpaired) electrons. The van der Waals surface area contributed by atoms with E-state index < -0.39 is 0 Å². The summed E-state index contributed by atoms with van der Waals surface area (Å²) in [4.78, 5) is 11.3. The number of nitrogens with two attached hydrogens (primary N) is 1. The van der Waals surface area contributed by atoms with E-state index in [0.717, 1.165) is 38.6 Å². The van der Waals surface area contributed by atoms with Crippen LogP contribution in [-0.2, 0) is 9.53 Å². The Morgan fingerprint density at radius 3 is 2.00 bits per heavy atom. The Bertz CT molecular complexity index is 183. The second-order valence-electron chi connectivity index (χ2n) is 4.94. The Morgan fingerprint density at radius 2 is 1.44 bits per heavy atom. The van der Waals surface area contributed by atoms with Crippen molar-refractivity contribution in [2.75, 3.05) is 13.2 Å². The Labute approximate surface area is 112 Å². The first-order valence-corrected chi connectivity index (χ1v) is 7.67. The van der Waals surface area contributed by atoms with Crippen molar-refractivity contribution in [2.24, 2.45) is 5.73 Å². The molecule has 0 aromatic heterocycles. The van der Waals surface area contributed by atoms with Gasteiger partial charge in [0.05, 0.1) is 6.61 Å². The van der Waals surface area contributed by atoms with Crippen LogP contribution in [0.3, 0.4) is 0 Å². The third-order valence-electron chi connectivity index (χ3n) is 3.10. The van der Waals surface area contributed by atoms with Crippen molar-refractivity contribution in [3.8, 4) is 0 Å². The molecule has 0 aromatic rings. The average Bonchev–Trinajstić information content (AvgIpc) is 2.37. The highest BCUT2D eigenvalue weighted by atomic mass is 16.5. The summed E-state index contributed by atoms with van der Waals surface area (Å²) in [6, 6.07) is 0. The topological polar surface area (TPSA) is 52.3 Å². The fraction of sp³-hybridized carbons (Fsp3) is 0.933. The average molecular weight is 257 g/mol. The number of unbranched alkanes of at least 4 members (excludes halogenated alkanes) is 8. The number of ether oxygens (including phenoxy) is 1. The van der Waals surface area contributed by atoms with Crippen molar-refractivity contribution in [3.05, 3.63) is 0 Å². The number of esters is 1. The van der Waals surface area contributed by atoms with Gasteiger partial charge in [0, 0.05) is 6.42 Å². The maximum Gasteiger partial charge on any atom is 0.305 e. The Hall–Kier alpha value is -0.570.